The van der Waals surface area contributed by atoms with E-state index in [1.807, 2.05) is 0 Å². The molecule has 88 valence electrons. The van der Waals surface area contributed by atoms with Gasteiger partial charge in [0.05, 0.1) is 0 Å². The lowest BCUT2D eigenvalue weighted by Gasteiger charge is -2.13. The zero-order valence-corrected chi connectivity index (χ0v) is 10.1. The van der Waals surface area contributed by atoms with E-state index < -0.39 is 0 Å². The van der Waals surface area contributed by atoms with E-state index in [4.69, 9.17) is 5.73 Å². The lowest BCUT2D eigenvalue weighted by Crippen LogP contribution is -2.27. The maximum Gasteiger partial charge on any atom is 0.0421 e. The summed E-state index contributed by atoms with van der Waals surface area (Å²) < 4.78 is 0. The maximum absolute atomic E-state index is 6.12. The van der Waals surface area contributed by atoms with Crippen LogP contribution >= 0.6 is 0 Å². The van der Waals surface area contributed by atoms with E-state index in [0.29, 0.717) is 0 Å². The minimum absolute atomic E-state index is 0.125. The molecule has 1 saturated carbocycles. The molecule has 1 aliphatic carbocycles. The first-order chi connectivity index (χ1) is 7.75. The van der Waals surface area contributed by atoms with Gasteiger partial charge in [0, 0.05) is 12.6 Å². The SMILES string of the molecule is Cc1ccc(C(N)CNCCC2CC2)cc1. The van der Waals surface area contributed by atoms with Crippen molar-refractivity contribution in [3.63, 3.8) is 0 Å². The van der Waals surface area contributed by atoms with Gasteiger partial charge in [-0.1, -0.05) is 42.7 Å². The minimum atomic E-state index is 0.125. The number of hydrogen-bond donors (Lipinski definition) is 2. The van der Waals surface area contributed by atoms with Gasteiger partial charge in [-0.3, -0.25) is 0 Å². The molecule has 0 radical (unpaired) electrons. The molecule has 0 saturated heterocycles. The summed E-state index contributed by atoms with van der Waals surface area (Å²) in [5, 5.41) is 3.44. The first kappa shape index (κ1) is 11.6. The van der Waals surface area contributed by atoms with Crippen LogP contribution in [0.4, 0.5) is 0 Å². The largest absolute Gasteiger partial charge is 0.323 e. The summed E-state index contributed by atoms with van der Waals surface area (Å²) in [5.74, 6) is 1.00. The Kier molecular flexibility index (Phi) is 3.97. The van der Waals surface area contributed by atoms with Crippen LogP contribution in [0.3, 0.4) is 0 Å². The van der Waals surface area contributed by atoms with Gasteiger partial charge in [0.25, 0.3) is 0 Å². The predicted molar refractivity (Wildman–Crippen MR) is 68.3 cm³/mol. The fraction of sp³-hybridized carbons (Fsp3) is 0.571. The molecular formula is C14H22N2. The quantitative estimate of drug-likeness (QED) is 0.719. The fourth-order valence-electron chi connectivity index (χ4n) is 1.90. The average Bonchev–Trinajstić information content (AvgIpc) is 3.09. The average molecular weight is 218 g/mol. The third kappa shape index (κ3) is 3.62. The van der Waals surface area contributed by atoms with Crippen molar-refractivity contribution in [1.29, 1.82) is 0 Å². The van der Waals surface area contributed by atoms with Gasteiger partial charge in [-0.2, -0.15) is 0 Å². The van der Waals surface area contributed by atoms with Gasteiger partial charge >= 0.3 is 0 Å². The Morgan fingerprint density at radius 1 is 1.31 bits per heavy atom. The van der Waals surface area contributed by atoms with Crippen LogP contribution in [0.2, 0.25) is 0 Å². The molecule has 2 nitrogen and oxygen atoms in total. The molecule has 1 aliphatic rings. The molecule has 0 spiro atoms. The summed E-state index contributed by atoms with van der Waals surface area (Å²) in [6, 6.07) is 8.63. The van der Waals surface area contributed by atoms with Gasteiger partial charge in [0.15, 0.2) is 0 Å². The number of rotatable bonds is 6. The highest BCUT2D eigenvalue weighted by Gasteiger charge is 2.20. The van der Waals surface area contributed by atoms with Crippen LogP contribution in [0, 0.1) is 12.8 Å². The molecule has 0 heterocycles. The molecule has 3 N–H and O–H groups in total. The third-order valence-corrected chi connectivity index (χ3v) is 3.30. The first-order valence-electron chi connectivity index (χ1n) is 6.28. The highest BCUT2D eigenvalue weighted by atomic mass is 14.9. The minimum Gasteiger partial charge on any atom is -0.323 e. The maximum atomic E-state index is 6.12. The highest BCUT2D eigenvalue weighted by molar-refractivity contribution is 5.23. The van der Waals surface area contributed by atoms with Crippen molar-refractivity contribution in [2.24, 2.45) is 11.7 Å². The van der Waals surface area contributed by atoms with E-state index in [9.17, 15) is 0 Å². The molecule has 2 rings (SSSR count). The summed E-state index contributed by atoms with van der Waals surface area (Å²) in [4.78, 5) is 0. The lowest BCUT2D eigenvalue weighted by atomic mass is 10.1. The van der Waals surface area contributed by atoms with Crippen molar-refractivity contribution in [2.75, 3.05) is 13.1 Å². The molecule has 1 fully saturated rings. The van der Waals surface area contributed by atoms with Crippen LogP contribution in [0.1, 0.15) is 36.4 Å². The first-order valence-corrected chi connectivity index (χ1v) is 6.28. The van der Waals surface area contributed by atoms with Crippen molar-refractivity contribution in [1.82, 2.24) is 5.32 Å². The molecule has 1 aromatic carbocycles. The molecule has 1 unspecified atom stereocenters. The van der Waals surface area contributed by atoms with E-state index in [-0.39, 0.29) is 6.04 Å². The van der Waals surface area contributed by atoms with E-state index >= 15 is 0 Å². The number of nitrogens with one attached hydrogen (secondary N) is 1. The van der Waals surface area contributed by atoms with Crippen LogP contribution in [0.15, 0.2) is 24.3 Å². The molecule has 16 heavy (non-hydrogen) atoms. The topological polar surface area (TPSA) is 38.0 Å². The van der Waals surface area contributed by atoms with Crippen molar-refractivity contribution < 1.29 is 0 Å². The van der Waals surface area contributed by atoms with Crippen LogP contribution in [0.25, 0.3) is 0 Å². The van der Waals surface area contributed by atoms with Crippen molar-refractivity contribution in [3.8, 4) is 0 Å². The van der Waals surface area contributed by atoms with Crippen molar-refractivity contribution in [2.45, 2.75) is 32.2 Å². The van der Waals surface area contributed by atoms with Crippen molar-refractivity contribution >= 4 is 0 Å². The summed E-state index contributed by atoms with van der Waals surface area (Å²) in [6.07, 6.45) is 4.19. The van der Waals surface area contributed by atoms with E-state index in [1.165, 1.54) is 30.4 Å². The summed E-state index contributed by atoms with van der Waals surface area (Å²) in [5.41, 5.74) is 8.63. The van der Waals surface area contributed by atoms with Crippen LogP contribution in [-0.2, 0) is 0 Å². The Morgan fingerprint density at radius 2 is 2.00 bits per heavy atom. The second-order valence-corrected chi connectivity index (χ2v) is 4.95. The number of nitrogens with two attached hydrogens (primary N) is 1. The zero-order chi connectivity index (χ0) is 11.4. The number of hydrogen-bond acceptors (Lipinski definition) is 2. The van der Waals surface area contributed by atoms with E-state index in [0.717, 1.165) is 19.0 Å². The summed E-state index contributed by atoms with van der Waals surface area (Å²) in [6.45, 7) is 4.10. The molecule has 0 aliphatic heterocycles. The molecule has 0 bridgehead atoms. The van der Waals surface area contributed by atoms with Crippen LogP contribution in [0.5, 0.6) is 0 Å². The van der Waals surface area contributed by atoms with E-state index in [1.54, 1.807) is 0 Å². The standard InChI is InChI=1S/C14H22N2/c1-11-2-6-13(7-3-11)14(15)10-16-9-8-12-4-5-12/h2-3,6-7,12,14,16H,4-5,8-10,15H2,1H3. The Balaban J connectivity index is 1.69. The Labute approximate surface area is 98.2 Å². The lowest BCUT2D eigenvalue weighted by molar-refractivity contribution is 0.564. The van der Waals surface area contributed by atoms with Gasteiger partial charge in [-0.25, -0.2) is 0 Å². The van der Waals surface area contributed by atoms with Crippen LogP contribution in [-0.4, -0.2) is 13.1 Å². The zero-order valence-electron chi connectivity index (χ0n) is 10.1. The Morgan fingerprint density at radius 3 is 2.62 bits per heavy atom. The number of aryl methyl sites for hydroxylation is 1. The molecule has 0 amide bonds. The predicted octanol–water partition coefficient (Wildman–Crippen LogP) is 2.38. The second-order valence-electron chi connectivity index (χ2n) is 4.95. The molecule has 1 atom stereocenters. The second kappa shape index (κ2) is 5.46. The normalized spacial score (nSPS) is 17.4. The smallest absolute Gasteiger partial charge is 0.0421 e. The highest BCUT2D eigenvalue weighted by Crippen LogP contribution is 2.31. The van der Waals surface area contributed by atoms with Gasteiger partial charge in [-0.15, -0.1) is 0 Å². The monoisotopic (exact) mass is 218 g/mol. The molecule has 2 heteroatoms. The number of benzene rings is 1. The van der Waals surface area contributed by atoms with Crippen LogP contribution < -0.4 is 11.1 Å². The van der Waals surface area contributed by atoms with Gasteiger partial charge in [0.2, 0.25) is 0 Å². The fourth-order valence-corrected chi connectivity index (χ4v) is 1.90. The Hall–Kier alpha value is -0.860. The van der Waals surface area contributed by atoms with Gasteiger partial charge < -0.3 is 11.1 Å². The molecular weight excluding hydrogens is 196 g/mol. The molecule has 0 aromatic heterocycles. The summed E-state index contributed by atoms with van der Waals surface area (Å²) >= 11 is 0. The van der Waals surface area contributed by atoms with Gasteiger partial charge in [0.1, 0.15) is 0 Å². The van der Waals surface area contributed by atoms with Crippen molar-refractivity contribution in [3.05, 3.63) is 35.4 Å². The summed E-state index contributed by atoms with van der Waals surface area (Å²) in [7, 11) is 0. The van der Waals surface area contributed by atoms with E-state index in [2.05, 4.69) is 36.5 Å². The van der Waals surface area contributed by atoms with Gasteiger partial charge in [-0.05, 0) is 31.4 Å². The third-order valence-electron chi connectivity index (χ3n) is 3.30. The Bertz CT molecular complexity index is 314. The molecule has 1 aromatic rings.